The summed E-state index contributed by atoms with van der Waals surface area (Å²) in [6.45, 7) is 0. The first-order valence-corrected chi connectivity index (χ1v) is 7.57. The van der Waals surface area contributed by atoms with Crippen molar-refractivity contribution in [3.05, 3.63) is 54.1 Å². The van der Waals surface area contributed by atoms with E-state index in [1.54, 1.807) is 41.2 Å². The number of amides is 2. The largest absolute Gasteiger partial charge is 0.369 e. The normalized spacial score (nSPS) is 20.4. The second kappa shape index (κ2) is 6.24. The van der Waals surface area contributed by atoms with E-state index in [1.807, 2.05) is 0 Å². The molecule has 1 heterocycles. The minimum atomic E-state index is -0.463. The van der Waals surface area contributed by atoms with Crippen molar-refractivity contribution < 1.29 is 14.0 Å². The molecule has 2 aromatic rings. The SMILES string of the molecule is NC(=O)[C@@H]1CC[C@H](NC(=O)c2ccc(-n3cccc3)c(F)c2)C1. The van der Waals surface area contributed by atoms with Crippen LogP contribution in [0.2, 0.25) is 0 Å². The summed E-state index contributed by atoms with van der Waals surface area (Å²) in [5.41, 5.74) is 5.94. The van der Waals surface area contributed by atoms with Crippen molar-refractivity contribution in [1.82, 2.24) is 9.88 Å². The lowest BCUT2D eigenvalue weighted by molar-refractivity contribution is -0.121. The van der Waals surface area contributed by atoms with Gasteiger partial charge in [-0.1, -0.05) is 0 Å². The van der Waals surface area contributed by atoms with Gasteiger partial charge in [-0.25, -0.2) is 4.39 Å². The number of nitrogens with two attached hydrogens (primary N) is 1. The number of aromatic nitrogens is 1. The summed E-state index contributed by atoms with van der Waals surface area (Å²) in [6, 6.07) is 7.90. The van der Waals surface area contributed by atoms with Gasteiger partial charge in [0.05, 0.1) is 5.69 Å². The number of benzene rings is 1. The van der Waals surface area contributed by atoms with Gasteiger partial charge >= 0.3 is 0 Å². The van der Waals surface area contributed by atoms with E-state index in [9.17, 15) is 14.0 Å². The highest BCUT2D eigenvalue weighted by Gasteiger charge is 2.29. The van der Waals surface area contributed by atoms with Crippen LogP contribution in [0, 0.1) is 11.7 Å². The summed E-state index contributed by atoms with van der Waals surface area (Å²) in [4.78, 5) is 23.4. The summed E-state index contributed by atoms with van der Waals surface area (Å²) >= 11 is 0. The zero-order valence-corrected chi connectivity index (χ0v) is 12.5. The number of nitrogens with one attached hydrogen (secondary N) is 1. The third-order valence-corrected chi connectivity index (χ3v) is 4.26. The smallest absolute Gasteiger partial charge is 0.251 e. The van der Waals surface area contributed by atoms with Gasteiger partial charge < -0.3 is 15.6 Å². The van der Waals surface area contributed by atoms with E-state index in [0.717, 1.165) is 0 Å². The predicted molar refractivity (Wildman–Crippen MR) is 83.5 cm³/mol. The monoisotopic (exact) mass is 315 g/mol. The molecular formula is C17H18FN3O2. The molecule has 120 valence electrons. The van der Waals surface area contributed by atoms with Gasteiger partial charge in [-0.3, -0.25) is 9.59 Å². The maximum Gasteiger partial charge on any atom is 0.251 e. The van der Waals surface area contributed by atoms with E-state index < -0.39 is 5.82 Å². The second-order valence-corrected chi connectivity index (χ2v) is 5.84. The Kier molecular flexibility index (Phi) is 4.14. The molecule has 1 fully saturated rings. The number of rotatable bonds is 4. The van der Waals surface area contributed by atoms with Crippen LogP contribution >= 0.6 is 0 Å². The molecule has 1 aliphatic carbocycles. The quantitative estimate of drug-likeness (QED) is 0.905. The zero-order valence-electron chi connectivity index (χ0n) is 12.5. The summed E-state index contributed by atoms with van der Waals surface area (Å²) in [6.07, 6.45) is 5.41. The van der Waals surface area contributed by atoms with Crippen LogP contribution in [0.5, 0.6) is 0 Å². The Morgan fingerprint density at radius 1 is 1.22 bits per heavy atom. The lowest BCUT2D eigenvalue weighted by Gasteiger charge is -2.13. The summed E-state index contributed by atoms with van der Waals surface area (Å²) in [5, 5.41) is 2.84. The van der Waals surface area contributed by atoms with Gasteiger partial charge in [-0.15, -0.1) is 0 Å². The molecule has 3 N–H and O–H groups in total. The lowest BCUT2D eigenvalue weighted by Crippen LogP contribution is -2.34. The molecular weight excluding hydrogens is 297 g/mol. The average Bonchev–Trinajstić information content (AvgIpc) is 3.18. The van der Waals surface area contributed by atoms with Gasteiger partial charge in [0.1, 0.15) is 5.82 Å². The Hall–Kier alpha value is -2.63. The molecule has 23 heavy (non-hydrogen) atoms. The van der Waals surface area contributed by atoms with Crippen molar-refractivity contribution in [3.8, 4) is 5.69 Å². The standard InChI is InChI=1S/C17H18FN3O2/c18-14-10-12(4-6-15(14)21-7-1-2-8-21)17(23)20-13-5-3-11(9-13)16(19)22/h1-2,4,6-8,10-11,13H,3,5,9H2,(H2,19,22)(H,20,23)/t11-,13+/m1/s1. The second-order valence-electron chi connectivity index (χ2n) is 5.84. The maximum absolute atomic E-state index is 14.2. The van der Waals surface area contributed by atoms with Gasteiger partial charge in [-0.05, 0) is 49.6 Å². The van der Waals surface area contributed by atoms with E-state index in [4.69, 9.17) is 5.73 Å². The highest BCUT2D eigenvalue weighted by molar-refractivity contribution is 5.94. The van der Waals surface area contributed by atoms with Crippen molar-refractivity contribution in [1.29, 1.82) is 0 Å². The topological polar surface area (TPSA) is 77.1 Å². The molecule has 1 aromatic heterocycles. The minimum absolute atomic E-state index is 0.0906. The molecule has 0 radical (unpaired) electrons. The highest BCUT2D eigenvalue weighted by atomic mass is 19.1. The van der Waals surface area contributed by atoms with Crippen LogP contribution in [0.3, 0.4) is 0 Å². The number of primary amides is 1. The first kappa shape index (κ1) is 15.3. The Labute approximate surface area is 133 Å². The number of carbonyl (C=O) groups excluding carboxylic acids is 2. The molecule has 1 aromatic carbocycles. The van der Waals surface area contributed by atoms with Gasteiger partial charge in [0.15, 0.2) is 0 Å². The van der Waals surface area contributed by atoms with Gasteiger partial charge in [-0.2, -0.15) is 0 Å². The van der Waals surface area contributed by atoms with Crippen molar-refractivity contribution in [3.63, 3.8) is 0 Å². The molecule has 0 aliphatic heterocycles. The third kappa shape index (κ3) is 3.26. The fourth-order valence-electron chi connectivity index (χ4n) is 2.99. The summed E-state index contributed by atoms with van der Waals surface area (Å²) < 4.78 is 15.8. The first-order chi connectivity index (χ1) is 11.0. The molecule has 2 atom stereocenters. The van der Waals surface area contributed by atoms with Crippen molar-refractivity contribution in [2.45, 2.75) is 25.3 Å². The van der Waals surface area contributed by atoms with E-state index in [0.29, 0.717) is 24.9 Å². The Balaban J connectivity index is 1.69. The molecule has 0 spiro atoms. The van der Waals surface area contributed by atoms with E-state index in [2.05, 4.69) is 5.32 Å². The molecule has 6 heteroatoms. The van der Waals surface area contributed by atoms with Crippen LogP contribution in [-0.2, 0) is 4.79 Å². The number of halogens is 1. The van der Waals surface area contributed by atoms with E-state index in [-0.39, 0.29) is 29.3 Å². The average molecular weight is 315 g/mol. The molecule has 0 bridgehead atoms. The molecule has 1 saturated carbocycles. The molecule has 0 unspecified atom stereocenters. The number of hydrogen-bond donors (Lipinski definition) is 2. The zero-order chi connectivity index (χ0) is 16.4. The highest BCUT2D eigenvalue weighted by Crippen LogP contribution is 2.25. The van der Waals surface area contributed by atoms with Crippen molar-refractivity contribution >= 4 is 11.8 Å². The van der Waals surface area contributed by atoms with Crippen molar-refractivity contribution in [2.24, 2.45) is 11.7 Å². The van der Waals surface area contributed by atoms with Gasteiger partial charge in [0, 0.05) is 29.9 Å². The molecule has 1 aliphatic rings. The molecule has 3 rings (SSSR count). The summed E-state index contributed by atoms with van der Waals surface area (Å²) in [5.74, 6) is -1.31. The van der Waals surface area contributed by atoms with Crippen LogP contribution in [0.15, 0.2) is 42.7 Å². The predicted octanol–water partition coefficient (Wildman–Crippen LogP) is 2.00. The van der Waals surface area contributed by atoms with Crippen LogP contribution < -0.4 is 11.1 Å². The molecule has 2 amide bonds. The summed E-state index contributed by atoms with van der Waals surface area (Å²) in [7, 11) is 0. The number of hydrogen-bond acceptors (Lipinski definition) is 2. The van der Waals surface area contributed by atoms with Gasteiger partial charge in [0.25, 0.3) is 5.91 Å². The third-order valence-electron chi connectivity index (χ3n) is 4.26. The Morgan fingerprint density at radius 3 is 2.57 bits per heavy atom. The fraction of sp³-hybridized carbons (Fsp3) is 0.294. The maximum atomic E-state index is 14.2. The number of carbonyl (C=O) groups is 2. The Bertz CT molecular complexity index is 727. The lowest BCUT2D eigenvalue weighted by atomic mass is 10.1. The number of nitrogens with zero attached hydrogens (tertiary/aromatic N) is 1. The van der Waals surface area contributed by atoms with Crippen LogP contribution in [-0.4, -0.2) is 22.4 Å². The van der Waals surface area contributed by atoms with Crippen LogP contribution in [0.4, 0.5) is 4.39 Å². The van der Waals surface area contributed by atoms with E-state index in [1.165, 1.54) is 6.07 Å². The van der Waals surface area contributed by atoms with Crippen LogP contribution in [0.1, 0.15) is 29.6 Å². The minimum Gasteiger partial charge on any atom is -0.369 e. The fourth-order valence-corrected chi connectivity index (χ4v) is 2.99. The van der Waals surface area contributed by atoms with Crippen molar-refractivity contribution in [2.75, 3.05) is 0 Å². The first-order valence-electron chi connectivity index (χ1n) is 7.57. The van der Waals surface area contributed by atoms with E-state index >= 15 is 0 Å². The Morgan fingerprint density at radius 2 is 1.96 bits per heavy atom. The molecule has 5 nitrogen and oxygen atoms in total. The molecule has 0 saturated heterocycles. The van der Waals surface area contributed by atoms with Gasteiger partial charge in [0.2, 0.25) is 5.91 Å². The van der Waals surface area contributed by atoms with Crippen LogP contribution in [0.25, 0.3) is 5.69 Å².